The zero-order valence-electron chi connectivity index (χ0n) is 9.81. The lowest BCUT2D eigenvalue weighted by Crippen LogP contribution is -2.05. The number of pyridine rings is 1. The molecule has 4 heteroatoms. The molecule has 1 aromatic carbocycles. The fourth-order valence-electron chi connectivity index (χ4n) is 1.86. The summed E-state index contributed by atoms with van der Waals surface area (Å²) in [7, 11) is 0. The van der Waals surface area contributed by atoms with Gasteiger partial charge < -0.3 is 0 Å². The predicted molar refractivity (Wildman–Crippen MR) is 61.0 cm³/mol. The molecule has 0 amide bonds. The SMILES string of the molecule is Cc1nc2cc(C(F)(F)F)ccc2c(C)c1C. The summed E-state index contributed by atoms with van der Waals surface area (Å²) in [6.07, 6.45) is -4.32. The van der Waals surface area contributed by atoms with Crippen molar-refractivity contribution in [1.82, 2.24) is 4.98 Å². The van der Waals surface area contributed by atoms with Gasteiger partial charge in [0.05, 0.1) is 11.1 Å². The third kappa shape index (κ3) is 1.99. The Morgan fingerprint density at radius 1 is 1.00 bits per heavy atom. The molecule has 1 nitrogen and oxygen atoms in total. The summed E-state index contributed by atoms with van der Waals surface area (Å²) >= 11 is 0. The van der Waals surface area contributed by atoms with Gasteiger partial charge in [-0.2, -0.15) is 13.2 Å². The van der Waals surface area contributed by atoms with Crippen molar-refractivity contribution in [1.29, 1.82) is 0 Å². The van der Waals surface area contributed by atoms with Gasteiger partial charge in [0.25, 0.3) is 0 Å². The van der Waals surface area contributed by atoms with E-state index in [1.54, 1.807) is 0 Å². The predicted octanol–water partition coefficient (Wildman–Crippen LogP) is 4.18. The molecule has 0 unspecified atom stereocenters. The van der Waals surface area contributed by atoms with Gasteiger partial charge in [0.2, 0.25) is 0 Å². The number of halogens is 3. The summed E-state index contributed by atoms with van der Waals surface area (Å²) in [6, 6.07) is 3.70. The van der Waals surface area contributed by atoms with Gasteiger partial charge in [-0.1, -0.05) is 6.07 Å². The van der Waals surface area contributed by atoms with Crippen LogP contribution in [-0.4, -0.2) is 4.98 Å². The molecule has 0 aliphatic heterocycles. The maximum absolute atomic E-state index is 12.6. The smallest absolute Gasteiger partial charge is 0.253 e. The molecule has 1 heterocycles. The molecule has 2 rings (SSSR count). The van der Waals surface area contributed by atoms with Crippen LogP contribution in [0.15, 0.2) is 18.2 Å². The van der Waals surface area contributed by atoms with Crippen LogP contribution in [0, 0.1) is 20.8 Å². The zero-order valence-corrected chi connectivity index (χ0v) is 9.81. The lowest BCUT2D eigenvalue weighted by Gasteiger charge is -2.11. The summed E-state index contributed by atoms with van der Waals surface area (Å²) in [6.45, 7) is 5.64. The van der Waals surface area contributed by atoms with Crippen LogP contribution in [0.4, 0.5) is 13.2 Å². The number of benzene rings is 1. The van der Waals surface area contributed by atoms with Crippen molar-refractivity contribution >= 4 is 10.9 Å². The first kappa shape index (κ1) is 11.9. The maximum Gasteiger partial charge on any atom is 0.416 e. The second kappa shape index (κ2) is 3.72. The van der Waals surface area contributed by atoms with Gasteiger partial charge in [0.1, 0.15) is 0 Å². The van der Waals surface area contributed by atoms with Crippen molar-refractivity contribution in [2.45, 2.75) is 26.9 Å². The number of fused-ring (bicyclic) bond motifs is 1. The van der Waals surface area contributed by atoms with Crippen molar-refractivity contribution in [3.63, 3.8) is 0 Å². The molecule has 0 aliphatic carbocycles. The Labute approximate surface area is 97.3 Å². The Hall–Kier alpha value is -1.58. The molecule has 17 heavy (non-hydrogen) atoms. The standard InChI is InChI=1S/C13H12F3N/c1-7-8(2)11-5-4-10(13(14,15)16)6-12(11)17-9(7)3/h4-6H,1-3H3. The number of aromatic nitrogens is 1. The van der Waals surface area contributed by atoms with Crippen LogP contribution < -0.4 is 0 Å². The molecule has 0 atom stereocenters. The minimum Gasteiger partial charge on any atom is -0.253 e. The Morgan fingerprint density at radius 3 is 2.24 bits per heavy atom. The number of hydrogen-bond acceptors (Lipinski definition) is 1. The molecule has 0 aliphatic rings. The topological polar surface area (TPSA) is 12.9 Å². The molecular weight excluding hydrogens is 227 g/mol. The molecule has 2 aromatic rings. The first-order valence-corrected chi connectivity index (χ1v) is 5.25. The van der Waals surface area contributed by atoms with E-state index in [0.29, 0.717) is 5.52 Å². The minimum absolute atomic E-state index is 0.403. The van der Waals surface area contributed by atoms with Crippen LogP contribution in [-0.2, 0) is 6.18 Å². The van der Waals surface area contributed by atoms with Crippen molar-refractivity contribution in [3.05, 3.63) is 40.6 Å². The molecule has 0 spiro atoms. The Morgan fingerprint density at radius 2 is 1.65 bits per heavy atom. The Kier molecular flexibility index (Phi) is 2.60. The Bertz CT molecular complexity index is 585. The zero-order chi connectivity index (χ0) is 12.8. The van der Waals surface area contributed by atoms with Gasteiger partial charge in [0.15, 0.2) is 0 Å². The molecular formula is C13H12F3N. The van der Waals surface area contributed by atoms with Gasteiger partial charge in [0, 0.05) is 11.1 Å². The van der Waals surface area contributed by atoms with Crippen molar-refractivity contribution in [3.8, 4) is 0 Å². The summed E-state index contributed by atoms with van der Waals surface area (Å²) in [5, 5.41) is 0.779. The van der Waals surface area contributed by atoms with E-state index in [1.807, 2.05) is 20.8 Å². The lowest BCUT2D eigenvalue weighted by molar-refractivity contribution is -0.137. The number of hydrogen-bond donors (Lipinski definition) is 0. The molecule has 0 saturated heterocycles. The number of nitrogens with zero attached hydrogens (tertiary/aromatic N) is 1. The Balaban J connectivity index is 2.76. The second-order valence-corrected chi connectivity index (χ2v) is 4.18. The van der Waals surface area contributed by atoms with Crippen molar-refractivity contribution in [2.75, 3.05) is 0 Å². The highest BCUT2D eigenvalue weighted by Gasteiger charge is 2.30. The van der Waals surface area contributed by atoms with Crippen molar-refractivity contribution < 1.29 is 13.2 Å². The molecule has 0 bridgehead atoms. The third-order valence-electron chi connectivity index (χ3n) is 3.12. The van der Waals surface area contributed by atoms with E-state index >= 15 is 0 Å². The molecule has 0 N–H and O–H groups in total. The number of rotatable bonds is 0. The largest absolute Gasteiger partial charge is 0.416 e. The average molecular weight is 239 g/mol. The molecule has 0 radical (unpaired) electrons. The number of alkyl halides is 3. The molecule has 90 valence electrons. The summed E-state index contributed by atoms with van der Waals surface area (Å²) in [5.41, 5.74) is 2.54. The van der Waals surface area contributed by atoms with Crippen molar-refractivity contribution in [2.24, 2.45) is 0 Å². The van der Waals surface area contributed by atoms with Gasteiger partial charge in [-0.05, 0) is 44.0 Å². The fourth-order valence-corrected chi connectivity index (χ4v) is 1.86. The quantitative estimate of drug-likeness (QED) is 0.672. The summed E-state index contributed by atoms with van der Waals surface area (Å²) in [5.74, 6) is 0. The van der Waals surface area contributed by atoms with Crippen LogP contribution in [0.25, 0.3) is 10.9 Å². The summed E-state index contributed by atoms with van der Waals surface area (Å²) in [4.78, 5) is 4.21. The first-order valence-electron chi connectivity index (χ1n) is 5.25. The van der Waals surface area contributed by atoms with Gasteiger partial charge in [-0.15, -0.1) is 0 Å². The van der Waals surface area contributed by atoms with E-state index in [1.165, 1.54) is 6.07 Å². The van der Waals surface area contributed by atoms with E-state index in [-0.39, 0.29) is 0 Å². The highest BCUT2D eigenvalue weighted by molar-refractivity contribution is 5.84. The van der Waals surface area contributed by atoms with Gasteiger partial charge >= 0.3 is 6.18 Å². The van der Waals surface area contributed by atoms with E-state index in [9.17, 15) is 13.2 Å². The first-order chi connectivity index (χ1) is 7.80. The van der Waals surface area contributed by atoms with Crippen LogP contribution in [0.2, 0.25) is 0 Å². The van der Waals surface area contributed by atoms with Gasteiger partial charge in [-0.25, -0.2) is 0 Å². The second-order valence-electron chi connectivity index (χ2n) is 4.18. The van der Waals surface area contributed by atoms with Crippen LogP contribution in [0.1, 0.15) is 22.4 Å². The van der Waals surface area contributed by atoms with Gasteiger partial charge in [-0.3, -0.25) is 4.98 Å². The average Bonchev–Trinajstić information content (AvgIpc) is 2.24. The maximum atomic E-state index is 12.6. The monoisotopic (exact) mass is 239 g/mol. The van der Waals surface area contributed by atoms with E-state index in [0.717, 1.165) is 34.3 Å². The third-order valence-corrected chi connectivity index (χ3v) is 3.12. The minimum atomic E-state index is -4.32. The normalized spacial score (nSPS) is 12.1. The van der Waals surface area contributed by atoms with E-state index in [4.69, 9.17) is 0 Å². The highest BCUT2D eigenvalue weighted by Crippen LogP contribution is 2.32. The summed E-state index contributed by atoms with van der Waals surface area (Å²) < 4.78 is 37.7. The van der Waals surface area contributed by atoms with Crippen LogP contribution in [0.3, 0.4) is 0 Å². The van der Waals surface area contributed by atoms with E-state index in [2.05, 4.69) is 4.98 Å². The fraction of sp³-hybridized carbons (Fsp3) is 0.308. The van der Waals surface area contributed by atoms with E-state index < -0.39 is 11.7 Å². The number of aryl methyl sites for hydroxylation is 2. The molecule has 0 saturated carbocycles. The van der Waals surface area contributed by atoms with Crippen LogP contribution in [0.5, 0.6) is 0 Å². The lowest BCUT2D eigenvalue weighted by atomic mass is 10.0. The highest BCUT2D eigenvalue weighted by atomic mass is 19.4. The molecule has 0 fully saturated rings. The molecule has 1 aromatic heterocycles. The van der Waals surface area contributed by atoms with Crippen LogP contribution >= 0.6 is 0 Å².